The Morgan fingerprint density at radius 1 is 0.828 bits per heavy atom. The fourth-order valence-electron chi connectivity index (χ4n) is 3.47. The molecule has 0 unspecified atom stereocenters. The molecular weight excluding hydrogens is 370 g/mol. The Morgan fingerprint density at radius 3 is 2.00 bits per heavy atom. The smallest absolute Gasteiger partial charge is 0.161 e. The Morgan fingerprint density at radius 2 is 1.41 bits per heavy atom. The van der Waals surface area contributed by atoms with Crippen molar-refractivity contribution in [2.45, 2.75) is 13.8 Å². The van der Waals surface area contributed by atoms with Gasteiger partial charge in [-0.05, 0) is 62.0 Å². The first kappa shape index (κ1) is 20.3. The maximum atomic E-state index is 10.8. The zero-order chi connectivity index (χ0) is 21.1. The molecule has 0 aromatic heterocycles. The number of rotatable bonds is 7. The molecule has 3 aromatic carbocycles. The molecule has 1 N–H and O–H groups in total. The van der Waals surface area contributed by atoms with Crippen LogP contribution in [0.25, 0.3) is 21.9 Å². The van der Waals surface area contributed by atoms with Crippen molar-refractivity contribution in [3.05, 3.63) is 35.9 Å². The molecule has 0 radical (unpaired) electrons. The van der Waals surface area contributed by atoms with Crippen molar-refractivity contribution in [3.63, 3.8) is 0 Å². The largest absolute Gasteiger partial charge is 0.507 e. The van der Waals surface area contributed by atoms with Crippen LogP contribution >= 0.6 is 0 Å². The van der Waals surface area contributed by atoms with Crippen LogP contribution in [0.2, 0.25) is 0 Å². The van der Waals surface area contributed by atoms with Crippen molar-refractivity contribution in [3.8, 4) is 39.9 Å². The molecule has 0 atom stereocenters. The molecule has 0 aliphatic carbocycles. The average molecular weight is 395 g/mol. The zero-order valence-corrected chi connectivity index (χ0v) is 17.3. The van der Waals surface area contributed by atoms with Crippen molar-refractivity contribution in [2.75, 3.05) is 27.9 Å². The summed E-state index contributed by atoms with van der Waals surface area (Å²) >= 11 is 0. The first-order valence-electron chi connectivity index (χ1n) is 9.19. The van der Waals surface area contributed by atoms with Crippen molar-refractivity contribution in [1.29, 1.82) is 0 Å². The first-order valence-corrected chi connectivity index (χ1v) is 9.19. The summed E-state index contributed by atoms with van der Waals surface area (Å²) in [4.78, 5) is 4.28. The van der Waals surface area contributed by atoms with E-state index in [1.807, 2.05) is 32.0 Å². The van der Waals surface area contributed by atoms with E-state index >= 15 is 0 Å². The van der Waals surface area contributed by atoms with Gasteiger partial charge in [0.1, 0.15) is 5.75 Å². The number of phenols is 1. The van der Waals surface area contributed by atoms with Gasteiger partial charge in [0.05, 0.1) is 33.6 Å². The molecule has 0 aliphatic rings. The number of benzene rings is 3. The lowest BCUT2D eigenvalue weighted by Crippen LogP contribution is -1.96. The maximum Gasteiger partial charge on any atom is 0.161 e. The quantitative estimate of drug-likeness (QED) is 0.551. The molecule has 0 aliphatic heterocycles. The minimum Gasteiger partial charge on any atom is -0.507 e. The second kappa shape index (κ2) is 8.31. The molecule has 6 nitrogen and oxygen atoms in total. The molecule has 0 saturated heterocycles. The fourth-order valence-corrected chi connectivity index (χ4v) is 3.47. The number of hydrogen-bond acceptors (Lipinski definition) is 6. The molecule has 29 heavy (non-hydrogen) atoms. The van der Waals surface area contributed by atoms with Crippen LogP contribution in [-0.2, 0) is 0 Å². The SMILES string of the molecule is C=Nc1c(-c2cc(OC)c(OC)cc2C)cc(O)c2cc(OCC)c(OC)cc12. The Labute approximate surface area is 170 Å². The van der Waals surface area contributed by atoms with Gasteiger partial charge >= 0.3 is 0 Å². The molecule has 0 bridgehead atoms. The number of aryl methyl sites for hydroxylation is 1. The van der Waals surface area contributed by atoms with Crippen LogP contribution in [-0.4, -0.2) is 39.8 Å². The van der Waals surface area contributed by atoms with Gasteiger partial charge in [0.25, 0.3) is 0 Å². The third-order valence-corrected chi connectivity index (χ3v) is 4.85. The summed E-state index contributed by atoms with van der Waals surface area (Å²) in [5, 5.41) is 12.1. The van der Waals surface area contributed by atoms with Crippen molar-refractivity contribution in [2.24, 2.45) is 4.99 Å². The third-order valence-electron chi connectivity index (χ3n) is 4.85. The number of fused-ring (bicyclic) bond motifs is 1. The van der Waals surface area contributed by atoms with Crippen molar-refractivity contribution in [1.82, 2.24) is 0 Å². The van der Waals surface area contributed by atoms with Crippen molar-refractivity contribution >= 4 is 23.2 Å². The summed E-state index contributed by atoms with van der Waals surface area (Å²) in [6.45, 7) is 8.10. The van der Waals surface area contributed by atoms with Gasteiger partial charge in [0.2, 0.25) is 0 Å². The minimum absolute atomic E-state index is 0.111. The maximum absolute atomic E-state index is 10.8. The molecule has 152 valence electrons. The number of aromatic hydroxyl groups is 1. The average Bonchev–Trinajstić information content (AvgIpc) is 2.73. The molecule has 0 amide bonds. The van der Waals surface area contributed by atoms with Crippen LogP contribution in [0.1, 0.15) is 12.5 Å². The summed E-state index contributed by atoms with van der Waals surface area (Å²) < 4.78 is 22.0. The van der Waals surface area contributed by atoms with Crippen molar-refractivity contribution < 1.29 is 24.1 Å². The van der Waals surface area contributed by atoms with E-state index in [1.54, 1.807) is 33.5 Å². The summed E-state index contributed by atoms with van der Waals surface area (Å²) in [5.41, 5.74) is 3.17. The van der Waals surface area contributed by atoms with E-state index in [1.165, 1.54) is 0 Å². The Balaban J connectivity index is 2.35. The lowest BCUT2D eigenvalue weighted by Gasteiger charge is -2.18. The van der Waals surface area contributed by atoms with E-state index in [2.05, 4.69) is 11.7 Å². The number of nitrogens with zero attached hydrogens (tertiary/aromatic N) is 1. The second-order valence-corrected chi connectivity index (χ2v) is 6.45. The Hall–Kier alpha value is -3.41. The van der Waals surface area contributed by atoms with Crippen LogP contribution in [0.4, 0.5) is 5.69 Å². The van der Waals surface area contributed by atoms with Crippen LogP contribution in [0.5, 0.6) is 28.7 Å². The fraction of sp³-hybridized carbons (Fsp3) is 0.261. The van der Waals surface area contributed by atoms with Gasteiger partial charge in [-0.15, -0.1) is 0 Å². The zero-order valence-electron chi connectivity index (χ0n) is 17.3. The highest BCUT2D eigenvalue weighted by Gasteiger charge is 2.19. The standard InChI is InChI=1S/C23H25NO5/c1-7-29-22-11-15-17(12-21(22)28-6)23(24-3)16(9-18(15)25)14-10-20(27-5)19(26-4)8-13(14)2/h8-12,25H,3,7H2,1-2,4-6H3. The van der Waals surface area contributed by atoms with Gasteiger partial charge in [0.15, 0.2) is 23.0 Å². The first-order chi connectivity index (χ1) is 14.0. The molecule has 0 heterocycles. The van der Waals surface area contributed by atoms with Gasteiger partial charge < -0.3 is 24.1 Å². The molecule has 0 saturated carbocycles. The predicted molar refractivity (Wildman–Crippen MR) is 116 cm³/mol. The van der Waals surface area contributed by atoms with E-state index in [4.69, 9.17) is 18.9 Å². The highest BCUT2D eigenvalue weighted by Crippen LogP contribution is 2.47. The van der Waals surface area contributed by atoms with Gasteiger partial charge in [-0.1, -0.05) is 0 Å². The molecular formula is C23H25NO5. The summed E-state index contributed by atoms with van der Waals surface area (Å²) in [6, 6.07) is 9.01. The van der Waals surface area contributed by atoms with E-state index in [0.717, 1.165) is 16.7 Å². The number of aliphatic imine (C=N–C) groups is 1. The van der Waals surface area contributed by atoms with Gasteiger partial charge in [-0.3, -0.25) is 4.99 Å². The van der Waals surface area contributed by atoms with Gasteiger partial charge in [-0.2, -0.15) is 0 Å². The Bertz CT molecular complexity index is 1080. The highest BCUT2D eigenvalue weighted by molar-refractivity contribution is 6.05. The summed E-state index contributed by atoms with van der Waals surface area (Å²) in [5.74, 6) is 2.45. The van der Waals surface area contributed by atoms with Gasteiger partial charge in [0, 0.05) is 16.3 Å². The molecule has 0 fully saturated rings. The highest BCUT2D eigenvalue weighted by atomic mass is 16.5. The minimum atomic E-state index is 0.111. The normalized spacial score (nSPS) is 10.7. The lowest BCUT2D eigenvalue weighted by atomic mass is 9.94. The van der Waals surface area contributed by atoms with E-state index in [-0.39, 0.29) is 5.75 Å². The predicted octanol–water partition coefficient (Wildman–Crippen LogP) is 5.28. The summed E-state index contributed by atoms with van der Waals surface area (Å²) in [6.07, 6.45) is 0. The molecule has 3 aromatic rings. The van der Waals surface area contributed by atoms with Crippen LogP contribution < -0.4 is 18.9 Å². The van der Waals surface area contributed by atoms with E-state index < -0.39 is 0 Å². The summed E-state index contributed by atoms with van der Waals surface area (Å²) in [7, 11) is 4.76. The number of ether oxygens (including phenoxy) is 4. The Kier molecular flexibility index (Phi) is 5.82. The number of methoxy groups -OCH3 is 3. The number of phenolic OH excluding ortho intramolecular Hbond substituents is 1. The van der Waals surface area contributed by atoms with Crippen LogP contribution in [0, 0.1) is 6.92 Å². The molecule has 0 spiro atoms. The van der Waals surface area contributed by atoms with Crippen LogP contribution in [0.15, 0.2) is 35.3 Å². The van der Waals surface area contributed by atoms with Gasteiger partial charge in [-0.25, -0.2) is 0 Å². The number of hydrogen-bond donors (Lipinski definition) is 1. The third kappa shape index (κ3) is 3.53. The van der Waals surface area contributed by atoms with E-state index in [0.29, 0.717) is 46.1 Å². The second-order valence-electron chi connectivity index (χ2n) is 6.45. The monoisotopic (exact) mass is 395 g/mol. The van der Waals surface area contributed by atoms with E-state index in [9.17, 15) is 5.11 Å². The van der Waals surface area contributed by atoms with Crippen LogP contribution in [0.3, 0.4) is 0 Å². The topological polar surface area (TPSA) is 69.5 Å². The molecule has 3 rings (SSSR count). The molecule has 6 heteroatoms. The lowest BCUT2D eigenvalue weighted by molar-refractivity contribution is 0.311.